The highest BCUT2D eigenvalue weighted by atomic mass is 16.5. The number of aromatic amines is 1. The first-order valence-electron chi connectivity index (χ1n) is 17.3. The van der Waals surface area contributed by atoms with E-state index in [-0.39, 0.29) is 44.1 Å². The number of hydrogen-bond donors (Lipinski definition) is 7. The number of carbonyl (C=O) groups is 4. The molecule has 0 aliphatic heterocycles. The SMILES string of the molecule is [2H]N(C(=O)OCc1ccccc1)[C@@H](Cc1ccc(O)cc1)C(=O)N[C@@H](Cc1cnc[nH]1)C(=O)N[C@@H](C(C)CC)[C@@H](O)CC(=O)NCc1ccccc1. The van der Waals surface area contributed by atoms with E-state index in [2.05, 4.69) is 25.9 Å². The summed E-state index contributed by atoms with van der Waals surface area (Å²) >= 11 is 0. The lowest BCUT2D eigenvalue weighted by atomic mass is 9.92. The standard InChI is InChI=1S/C38H46N6O7/c1-3-25(2)35(33(46)20-34(47)40-21-27-10-6-4-7-11-27)44-37(49)32(19-29-22-39-24-41-29)42-36(48)31(18-26-14-16-30(45)17-15-26)43-38(50)51-23-28-12-8-5-9-13-28/h4-17,22,24-25,31-33,35,45-46H,3,18-21,23H2,1-2H3,(H,39,41)(H,40,47)(H,42,48)(H,43,50)(H,44,49)/t25?,31-,32-,33-,35-/m0/s1/i/hD. The van der Waals surface area contributed by atoms with Crippen molar-refractivity contribution in [3.05, 3.63) is 120 Å². The molecule has 13 nitrogen and oxygen atoms in total. The van der Waals surface area contributed by atoms with Crippen LogP contribution >= 0.6 is 0 Å². The molecular weight excluding hydrogens is 652 g/mol. The third-order valence-electron chi connectivity index (χ3n) is 8.45. The third-order valence-corrected chi connectivity index (χ3v) is 8.45. The summed E-state index contributed by atoms with van der Waals surface area (Å²) in [6.07, 6.45) is 0.712. The van der Waals surface area contributed by atoms with Crippen LogP contribution in [0.4, 0.5) is 4.79 Å². The van der Waals surface area contributed by atoms with Crippen molar-refractivity contribution in [1.29, 1.82) is 0 Å². The summed E-state index contributed by atoms with van der Waals surface area (Å²) in [5, 5.41) is 29.8. The van der Waals surface area contributed by atoms with Crippen molar-refractivity contribution in [3.8, 4) is 5.75 Å². The van der Waals surface area contributed by atoms with Gasteiger partial charge in [0.15, 0.2) is 1.41 Å². The maximum absolute atomic E-state index is 14.0. The topological polar surface area (TPSA) is 195 Å². The zero-order chi connectivity index (χ0) is 37.5. The van der Waals surface area contributed by atoms with Gasteiger partial charge in [0.25, 0.3) is 0 Å². The smallest absolute Gasteiger partial charge is 0.408 e. The maximum Gasteiger partial charge on any atom is 0.408 e. The van der Waals surface area contributed by atoms with Gasteiger partial charge in [0.1, 0.15) is 24.4 Å². The van der Waals surface area contributed by atoms with Crippen molar-refractivity contribution in [2.24, 2.45) is 5.92 Å². The van der Waals surface area contributed by atoms with Gasteiger partial charge in [-0.2, -0.15) is 0 Å². The van der Waals surface area contributed by atoms with Gasteiger partial charge in [-0.25, -0.2) is 9.78 Å². The number of hydrogen-bond acceptors (Lipinski definition) is 8. The Bertz CT molecular complexity index is 1710. The number of amides is 4. The van der Waals surface area contributed by atoms with E-state index in [0.717, 1.165) is 5.56 Å². The largest absolute Gasteiger partial charge is 0.508 e. The fraction of sp³-hybridized carbons (Fsp3) is 0.342. The van der Waals surface area contributed by atoms with Crippen molar-refractivity contribution in [2.45, 2.75) is 76.9 Å². The van der Waals surface area contributed by atoms with Gasteiger partial charge in [0.05, 0.1) is 24.9 Å². The van der Waals surface area contributed by atoms with Gasteiger partial charge >= 0.3 is 6.09 Å². The number of ether oxygens (including phenoxy) is 1. The summed E-state index contributed by atoms with van der Waals surface area (Å²) in [5.74, 6) is -2.12. The number of nitrogens with one attached hydrogen (secondary N) is 5. The Morgan fingerprint density at radius 2 is 1.51 bits per heavy atom. The molecule has 0 fully saturated rings. The van der Waals surface area contributed by atoms with Crippen LogP contribution in [-0.4, -0.2) is 68.2 Å². The Balaban J connectivity index is 1.51. The van der Waals surface area contributed by atoms with E-state index in [4.69, 9.17) is 6.15 Å². The molecule has 0 saturated carbocycles. The van der Waals surface area contributed by atoms with Gasteiger partial charge < -0.3 is 41.2 Å². The number of aromatic nitrogens is 2. The second-order valence-corrected chi connectivity index (χ2v) is 12.4. The van der Waals surface area contributed by atoms with Crippen LogP contribution in [0.1, 0.15) is 49.1 Å². The first-order valence-corrected chi connectivity index (χ1v) is 16.9. The zero-order valence-corrected chi connectivity index (χ0v) is 28.7. The van der Waals surface area contributed by atoms with Crippen LogP contribution < -0.4 is 21.3 Å². The van der Waals surface area contributed by atoms with E-state index in [1.54, 1.807) is 36.4 Å². The van der Waals surface area contributed by atoms with Crippen molar-refractivity contribution in [2.75, 3.05) is 0 Å². The Kier molecular flexibility index (Phi) is 14.0. The number of rotatable bonds is 18. The quantitative estimate of drug-likeness (QED) is 0.0822. The summed E-state index contributed by atoms with van der Waals surface area (Å²) in [6.45, 7) is 3.88. The van der Waals surface area contributed by atoms with Gasteiger partial charge in [-0.15, -0.1) is 0 Å². The van der Waals surface area contributed by atoms with E-state index in [1.807, 2.05) is 50.2 Å². The Morgan fingerprint density at radius 3 is 2.14 bits per heavy atom. The summed E-state index contributed by atoms with van der Waals surface area (Å²) in [7, 11) is 0. The van der Waals surface area contributed by atoms with Crippen LogP contribution in [0.3, 0.4) is 0 Å². The normalized spacial score (nSPS) is 14.1. The van der Waals surface area contributed by atoms with Crippen LogP contribution in [0.25, 0.3) is 0 Å². The Hall–Kier alpha value is -5.69. The molecule has 5 atom stereocenters. The minimum atomic E-state index is -1.45. The van der Waals surface area contributed by atoms with E-state index in [9.17, 15) is 29.4 Å². The highest BCUT2D eigenvalue weighted by Gasteiger charge is 2.33. The van der Waals surface area contributed by atoms with E-state index in [0.29, 0.717) is 28.6 Å². The predicted molar refractivity (Wildman–Crippen MR) is 190 cm³/mol. The number of aliphatic hydroxyl groups is 1. The summed E-state index contributed by atoms with van der Waals surface area (Å²) in [4.78, 5) is 60.7. The molecule has 1 unspecified atom stereocenters. The lowest BCUT2D eigenvalue weighted by Gasteiger charge is -2.31. The maximum atomic E-state index is 14.0. The number of aliphatic hydroxyl groups excluding tert-OH is 1. The molecule has 13 heteroatoms. The van der Waals surface area contributed by atoms with Crippen molar-refractivity contribution in [1.82, 2.24) is 31.2 Å². The van der Waals surface area contributed by atoms with Crippen molar-refractivity contribution in [3.63, 3.8) is 0 Å². The molecule has 0 aliphatic carbocycles. The number of H-pyrrole nitrogens is 1. The first-order chi connectivity index (χ1) is 25.0. The molecule has 4 aromatic rings. The van der Waals surface area contributed by atoms with Gasteiger partial charge in [0, 0.05) is 31.3 Å². The molecule has 0 saturated heterocycles. The first kappa shape index (κ1) is 36.6. The molecule has 4 amide bonds. The second-order valence-electron chi connectivity index (χ2n) is 12.4. The molecule has 1 aromatic heterocycles. The number of carbonyl (C=O) groups excluding carboxylic acids is 4. The predicted octanol–water partition coefficient (Wildman–Crippen LogP) is 3.28. The highest BCUT2D eigenvalue weighted by molar-refractivity contribution is 5.91. The number of nitrogens with zero attached hydrogens (tertiary/aromatic N) is 1. The average Bonchev–Trinajstić information content (AvgIpc) is 3.68. The molecule has 4 rings (SSSR count). The molecule has 0 bridgehead atoms. The Labute approximate surface area is 298 Å². The monoisotopic (exact) mass is 699 g/mol. The number of phenols is 1. The van der Waals surface area contributed by atoms with Crippen molar-refractivity contribution >= 4 is 23.8 Å². The minimum Gasteiger partial charge on any atom is -0.508 e. The minimum absolute atomic E-state index is 0.00207. The summed E-state index contributed by atoms with van der Waals surface area (Å²) in [6, 6.07) is 20.6. The van der Waals surface area contributed by atoms with Gasteiger partial charge in [-0.1, -0.05) is 93.1 Å². The van der Waals surface area contributed by atoms with Gasteiger partial charge in [0.2, 0.25) is 17.7 Å². The van der Waals surface area contributed by atoms with Crippen LogP contribution in [0, 0.1) is 5.92 Å². The second kappa shape index (κ2) is 19.5. The molecule has 270 valence electrons. The van der Waals surface area contributed by atoms with E-state index >= 15 is 0 Å². The van der Waals surface area contributed by atoms with E-state index < -0.39 is 48.0 Å². The number of imidazole rings is 1. The molecule has 0 radical (unpaired) electrons. The van der Waals surface area contributed by atoms with Crippen LogP contribution in [0.15, 0.2) is 97.5 Å². The average molecular weight is 700 g/mol. The van der Waals surface area contributed by atoms with E-state index in [1.165, 1.54) is 24.7 Å². The molecule has 0 spiro atoms. The molecule has 51 heavy (non-hydrogen) atoms. The summed E-state index contributed by atoms with van der Waals surface area (Å²) in [5.41, 5.74) is 2.63. The van der Waals surface area contributed by atoms with Gasteiger partial charge in [-0.3, -0.25) is 14.4 Å². The lowest BCUT2D eigenvalue weighted by molar-refractivity contribution is -0.131. The fourth-order valence-electron chi connectivity index (χ4n) is 5.35. The molecule has 7 N–H and O–H groups in total. The number of alkyl carbamates (subject to hydrolysis) is 1. The molecule has 0 aliphatic rings. The molecular formula is C38H46N6O7. The lowest BCUT2D eigenvalue weighted by Crippen LogP contribution is -2.58. The third kappa shape index (κ3) is 12.6. The molecule has 3 aromatic carbocycles. The zero-order valence-electron chi connectivity index (χ0n) is 29.7. The Morgan fingerprint density at radius 1 is 0.863 bits per heavy atom. The van der Waals surface area contributed by atoms with Crippen LogP contribution in [0.5, 0.6) is 5.75 Å². The van der Waals surface area contributed by atoms with Crippen molar-refractivity contribution < 1.29 is 35.5 Å². The highest BCUT2D eigenvalue weighted by Crippen LogP contribution is 2.16. The number of benzene rings is 3. The molecule has 1 heterocycles. The number of phenolic OH excluding ortho intramolecular Hbond substituents is 1. The van der Waals surface area contributed by atoms with Gasteiger partial charge in [-0.05, 0) is 34.7 Å². The summed E-state index contributed by atoms with van der Waals surface area (Å²) < 4.78 is 14.0. The fourth-order valence-corrected chi connectivity index (χ4v) is 5.35. The number of aromatic hydroxyl groups is 1. The van der Waals surface area contributed by atoms with Crippen LogP contribution in [-0.2, 0) is 45.1 Å². The van der Waals surface area contributed by atoms with Crippen LogP contribution in [0.2, 0.25) is 1.41 Å².